The molecule has 21 heavy (non-hydrogen) atoms. The van der Waals surface area contributed by atoms with E-state index in [9.17, 15) is 4.79 Å². The number of aromatic carboxylic acids is 1. The number of carboxylic acids is 1. The molecule has 0 spiro atoms. The van der Waals surface area contributed by atoms with Crippen LogP contribution in [-0.4, -0.2) is 23.4 Å². The number of rotatable bonds is 6. The maximum Gasteiger partial charge on any atom is 0.335 e. The fraction of sp³-hybridized carbons (Fsp3) is 0.133. The van der Waals surface area contributed by atoms with Crippen molar-refractivity contribution in [2.75, 3.05) is 12.4 Å². The number of carboxylic acid groups (broad SMARTS) is 1. The van der Waals surface area contributed by atoms with Crippen molar-refractivity contribution in [2.24, 2.45) is 0 Å². The maximum absolute atomic E-state index is 10.7. The summed E-state index contributed by atoms with van der Waals surface area (Å²) in [6.45, 7) is 0.496. The van der Waals surface area contributed by atoms with Gasteiger partial charge in [-0.1, -0.05) is 23.2 Å². The molecule has 0 amide bonds. The first kappa shape index (κ1) is 16.0. The molecule has 0 bridgehead atoms. The summed E-state index contributed by atoms with van der Waals surface area (Å²) >= 11 is 13.5. The highest BCUT2D eigenvalue weighted by Gasteiger charge is 2.04. The van der Waals surface area contributed by atoms with Crippen LogP contribution in [0.2, 0.25) is 10.0 Å². The van der Waals surface area contributed by atoms with Crippen molar-refractivity contribution in [2.45, 2.75) is 4.90 Å². The Morgan fingerprint density at radius 3 is 2.48 bits per heavy atom. The van der Waals surface area contributed by atoms with Gasteiger partial charge in [0.25, 0.3) is 0 Å². The topological polar surface area (TPSA) is 46.5 Å². The molecule has 2 aromatic carbocycles. The molecule has 0 atom stereocenters. The summed E-state index contributed by atoms with van der Waals surface area (Å²) < 4.78 is 5.54. The lowest BCUT2D eigenvalue weighted by Gasteiger charge is -2.07. The fourth-order valence-electron chi connectivity index (χ4n) is 1.60. The van der Waals surface area contributed by atoms with Crippen LogP contribution in [0.3, 0.4) is 0 Å². The first-order valence-corrected chi connectivity index (χ1v) is 7.84. The zero-order valence-electron chi connectivity index (χ0n) is 10.9. The van der Waals surface area contributed by atoms with Gasteiger partial charge in [-0.25, -0.2) is 4.79 Å². The van der Waals surface area contributed by atoms with Crippen molar-refractivity contribution < 1.29 is 14.6 Å². The number of carbonyl (C=O) groups is 1. The summed E-state index contributed by atoms with van der Waals surface area (Å²) in [6, 6.07) is 11.7. The highest BCUT2D eigenvalue weighted by Crippen LogP contribution is 2.29. The van der Waals surface area contributed by atoms with E-state index >= 15 is 0 Å². The maximum atomic E-state index is 10.7. The van der Waals surface area contributed by atoms with Crippen LogP contribution in [0, 0.1) is 0 Å². The van der Waals surface area contributed by atoms with E-state index in [-0.39, 0.29) is 5.56 Å². The van der Waals surface area contributed by atoms with Crippen molar-refractivity contribution in [1.82, 2.24) is 0 Å². The Bertz CT molecular complexity index is 629. The fourth-order valence-corrected chi connectivity index (χ4v) is 2.92. The van der Waals surface area contributed by atoms with Crippen LogP contribution in [0.5, 0.6) is 5.75 Å². The van der Waals surface area contributed by atoms with Crippen LogP contribution in [0.4, 0.5) is 0 Å². The second-order valence-electron chi connectivity index (χ2n) is 4.10. The monoisotopic (exact) mass is 342 g/mol. The van der Waals surface area contributed by atoms with Gasteiger partial charge < -0.3 is 9.84 Å². The summed E-state index contributed by atoms with van der Waals surface area (Å²) in [7, 11) is 0. The number of halogens is 2. The van der Waals surface area contributed by atoms with E-state index in [1.807, 2.05) is 6.07 Å². The zero-order valence-corrected chi connectivity index (χ0v) is 13.2. The Hall–Kier alpha value is -1.36. The van der Waals surface area contributed by atoms with Crippen molar-refractivity contribution in [1.29, 1.82) is 0 Å². The first-order valence-electron chi connectivity index (χ1n) is 6.10. The quantitative estimate of drug-likeness (QED) is 0.601. The minimum atomic E-state index is -0.950. The molecular weight excluding hydrogens is 331 g/mol. The minimum Gasteiger partial charge on any atom is -0.493 e. The molecule has 110 valence electrons. The van der Waals surface area contributed by atoms with Gasteiger partial charge in [0.15, 0.2) is 0 Å². The van der Waals surface area contributed by atoms with Crippen LogP contribution in [0.25, 0.3) is 0 Å². The van der Waals surface area contributed by atoms with Gasteiger partial charge in [-0.05, 0) is 42.5 Å². The molecule has 0 aliphatic heterocycles. The van der Waals surface area contributed by atoms with Crippen molar-refractivity contribution in [3.05, 3.63) is 58.1 Å². The standard InChI is InChI=1S/C15H12Cl2O3S/c16-11-3-6-14(13(17)9-11)21-8-7-20-12-4-1-10(2-5-12)15(18)19/h1-6,9H,7-8H2,(H,18,19). The van der Waals surface area contributed by atoms with Gasteiger partial charge in [0.1, 0.15) is 5.75 Å². The average Bonchev–Trinajstić information content (AvgIpc) is 2.46. The van der Waals surface area contributed by atoms with E-state index in [1.54, 1.807) is 36.0 Å². The predicted octanol–water partition coefficient (Wildman–Crippen LogP) is 4.86. The van der Waals surface area contributed by atoms with Crippen molar-refractivity contribution in [3.63, 3.8) is 0 Å². The van der Waals surface area contributed by atoms with Gasteiger partial charge in [-0.15, -0.1) is 11.8 Å². The summed E-state index contributed by atoms with van der Waals surface area (Å²) in [4.78, 5) is 11.7. The molecule has 0 radical (unpaired) electrons. The van der Waals surface area contributed by atoms with Gasteiger partial charge in [0, 0.05) is 15.7 Å². The summed E-state index contributed by atoms with van der Waals surface area (Å²) in [5.74, 6) is 0.416. The number of ether oxygens (including phenoxy) is 1. The number of thioether (sulfide) groups is 1. The van der Waals surface area contributed by atoms with Crippen LogP contribution in [-0.2, 0) is 0 Å². The van der Waals surface area contributed by atoms with E-state index in [4.69, 9.17) is 33.0 Å². The molecular formula is C15H12Cl2O3S. The Balaban J connectivity index is 1.80. The van der Waals surface area contributed by atoms with Gasteiger partial charge in [-0.3, -0.25) is 0 Å². The molecule has 0 fully saturated rings. The molecule has 0 aliphatic carbocycles. The zero-order chi connectivity index (χ0) is 15.2. The van der Waals surface area contributed by atoms with Crippen LogP contribution < -0.4 is 4.74 Å². The van der Waals surface area contributed by atoms with Gasteiger partial charge in [-0.2, -0.15) is 0 Å². The Labute approximate surface area is 136 Å². The molecule has 0 saturated heterocycles. The lowest BCUT2D eigenvalue weighted by Crippen LogP contribution is -2.01. The Morgan fingerprint density at radius 1 is 1.14 bits per heavy atom. The Morgan fingerprint density at radius 2 is 1.86 bits per heavy atom. The second-order valence-corrected chi connectivity index (χ2v) is 6.08. The number of hydrogen-bond acceptors (Lipinski definition) is 3. The lowest BCUT2D eigenvalue weighted by molar-refractivity contribution is 0.0697. The molecule has 0 saturated carbocycles. The number of benzene rings is 2. The molecule has 6 heteroatoms. The normalized spacial score (nSPS) is 10.4. The largest absolute Gasteiger partial charge is 0.493 e. The molecule has 0 unspecified atom stereocenters. The highest BCUT2D eigenvalue weighted by atomic mass is 35.5. The van der Waals surface area contributed by atoms with Crippen molar-refractivity contribution >= 4 is 40.9 Å². The van der Waals surface area contributed by atoms with Crippen molar-refractivity contribution in [3.8, 4) is 5.75 Å². The van der Waals surface area contributed by atoms with E-state index < -0.39 is 5.97 Å². The lowest BCUT2D eigenvalue weighted by atomic mass is 10.2. The molecule has 1 N–H and O–H groups in total. The van der Waals surface area contributed by atoms with E-state index in [2.05, 4.69) is 0 Å². The third kappa shape index (κ3) is 4.84. The van der Waals surface area contributed by atoms with E-state index in [0.29, 0.717) is 22.4 Å². The molecule has 0 aromatic heterocycles. The third-order valence-electron chi connectivity index (χ3n) is 2.60. The average molecular weight is 343 g/mol. The molecule has 0 heterocycles. The molecule has 2 aromatic rings. The van der Waals surface area contributed by atoms with Crippen LogP contribution in [0.15, 0.2) is 47.4 Å². The summed E-state index contributed by atoms with van der Waals surface area (Å²) in [5, 5.41) is 10.0. The van der Waals surface area contributed by atoms with Gasteiger partial charge >= 0.3 is 5.97 Å². The first-order chi connectivity index (χ1) is 10.1. The van der Waals surface area contributed by atoms with E-state index in [0.717, 1.165) is 10.6 Å². The minimum absolute atomic E-state index is 0.240. The van der Waals surface area contributed by atoms with Gasteiger partial charge in [0.05, 0.1) is 17.2 Å². The number of hydrogen-bond donors (Lipinski definition) is 1. The second kappa shape index (κ2) is 7.59. The Kier molecular flexibility index (Phi) is 5.79. The molecule has 0 aliphatic rings. The SMILES string of the molecule is O=C(O)c1ccc(OCCSc2ccc(Cl)cc2Cl)cc1. The molecule has 2 rings (SSSR count). The predicted molar refractivity (Wildman–Crippen MR) is 86.1 cm³/mol. The van der Waals surface area contributed by atoms with Gasteiger partial charge in [0.2, 0.25) is 0 Å². The summed E-state index contributed by atoms with van der Waals surface area (Å²) in [6.07, 6.45) is 0. The summed E-state index contributed by atoms with van der Waals surface area (Å²) in [5.41, 5.74) is 0.240. The van der Waals surface area contributed by atoms with Crippen LogP contribution in [0.1, 0.15) is 10.4 Å². The highest BCUT2D eigenvalue weighted by molar-refractivity contribution is 7.99. The smallest absolute Gasteiger partial charge is 0.335 e. The third-order valence-corrected chi connectivity index (χ3v) is 4.30. The molecule has 3 nitrogen and oxygen atoms in total. The van der Waals surface area contributed by atoms with E-state index in [1.165, 1.54) is 12.1 Å². The van der Waals surface area contributed by atoms with Crippen LogP contribution >= 0.6 is 35.0 Å².